The van der Waals surface area contributed by atoms with E-state index in [1.165, 1.54) is 10.9 Å². The molecule has 0 radical (unpaired) electrons. The smallest absolute Gasteiger partial charge is 0.320 e. The molecule has 0 amide bonds. The minimum atomic E-state index is -0.471. The molecule has 2 rings (SSSR count). The summed E-state index contributed by atoms with van der Waals surface area (Å²) in [7, 11) is 1.64. The van der Waals surface area contributed by atoms with Crippen LogP contribution in [0.3, 0.4) is 0 Å². The predicted octanol–water partition coefficient (Wildman–Crippen LogP) is 0.526. The van der Waals surface area contributed by atoms with E-state index in [1.807, 2.05) is 19.9 Å². The third kappa shape index (κ3) is 4.05. The number of thioether (sulfide) groups is 1. The zero-order chi connectivity index (χ0) is 18.6. The number of nitrogens with two attached hydrogens (primary N) is 1. The van der Waals surface area contributed by atoms with Crippen LogP contribution in [0.1, 0.15) is 36.5 Å². The Balaban J connectivity index is 2.32. The highest BCUT2D eigenvalue weighted by Crippen LogP contribution is 2.32. The lowest BCUT2D eigenvalue weighted by Crippen LogP contribution is -2.27. The van der Waals surface area contributed by atoms with Gasteiger partial charge in [0.25, 0.3) is 6.20 Å². The van der Waals surface area contributed by atoms with Gasteiger partial charge in [0.1, 0.15) is 23.0 Å². The molecule has 2 N–H and O–H groups in total. The van der Waals surface area contributed by atoms with Gasteiger partial charge in [0.15, 0.2) is 12.3 Å². The lowest BCUT2D eigenvalue weighted by atomic mass is 9.94. The number of nitrogen functional groups attached to an aromatic ring is 1. The summed E-state index contributed by atoms with van der Waals surface area (Å²) in [6.45, 7) is 3.71. The van der Waals surface area contributed by atoms with E-state index in [9.17, 15) is 15.6 Å². The van der Waals surface area contributed by atoms with E-state index < -0.39 is 5.90 Å². The number of nitrogens with zero attached hydrogens (tertiary/aromatic N) is 6. The SMILES string of the molecule is CC(C)c1c(C#N)c(N)nc(SC/C([O-])=N/c2c[n+](C)no2)c1C#N. The predicted molar refractivity (Wildman–Crippen MR) is 87.7 cm³/mol. The highest BCUT2D eigenvalue weighted by molar-refractivity contribution is 7.99. The minimum absolute atomic E-state index is 0.0411. The summed E-state index contributed by atoms with van der Waals surface area (Å²) in [5, 5.41) is 34.6. The van der Waals surface area contributed by atoms with E-state index in [0.29, 0.717) is 10.6 Å². The second kappa shape index (κ2) is 7.64. The molecule has 0 fully saturated rings. The Kier molecular flexibility index (Phi) is 5.57. The maximum absolute atomic E-state index is 11.9. The minimum Gasteiger partial charge on any atom is -0.861 e. The number of rotatable bonds is 5. The largest absolute Gasteiger partial charge is 0.861 e. The quantitative estimate of drug-likeness (QED) is 0.352. The molecule has 0 aliphatic heterocycles. The highest BCUT2D eigenvalue weighted by atomic mass is 32.2. The van der Waals surface area contributed by atoms with Gasteiger partial charge in [-0.05, 0) is 17.4 Å². The lowest BCUT2D eigenvalue weighted by Gasteiger charge is -2.16. The first-order chi connectivity index (χ1) is 11.9. The van der Waals surface area contributed by atoms with E-state index in [-0.39, 0.29) is 34.5 Å². The first-order valence-electron chi connectivity index (χ1n) is 7.20. The third-order valence-electron chi connectivity index (χ3n) is 3.16. The van der Waals surface area contributed by atoms with Gasteiger partial charge in [-0.15, -0.1) is 0 Å². The van der Waals surface area contributed by atoms with E-state index in [1.54, 1.807) is 7.05 Å². The molecule has 0 aliphatic carbocycles. The average molecular weight is 357 g/mol. The van der Waals surface area contributed by atoms with Crippen molar-refractivity contribution in [3.8, 4) is 12.1 Å². The standard InChI is InChI=1S/C15H15N7O2S/c1-8(2)13-9(4-16)14(18)20-15(10(13)5-17)25-7-11(23)19-12-6-22(3)21-24-12/h6,8H,7H2,1-3H3,(H2-,18,19,20,21,23). The maximum Gasteiger partial charge on any atom is 0.320 e. The van der Waals surface area contributed by atoms with Gasteiger partial charge in [-0.1, -0.05) is 30.3 Å². The van der Waals surface area contributed by atoms with Gasteiger partial charge in [-0.2, -0.15) is 10.5 Å². The van der Waals surface area contributed by atoms with Crippen LogP contribution in [0.4, 0.5) is 11.7 Å². The number of nitriles is 2. The Morgan fingerprint density at radius 3 is 2.64 bits per heavy atom. The van der Waals surface area contributed by atoms with Crippen LogP contribution in [-0.4, -0.2) is 21.9 Å². The van der Waals surface area contributed by atoms with Gasteiger partial charge >= 0.3 is 5.88 Å². The average Bonchev–Trinajstić information content (AvgIpc) is 2.96. The van der Waals surface area contributed by atoms with Crippen molar-refractivity contribution in [3.63, 3.8) is 0 Å². The molecule has 128 valence electrons. The van der Waals surface area contributed by atoms with Crippen molar-refractivity contribution < 1.29 is 14.3 Å². The van der Waals surface area contributed by atoms with Crippen LogP contribution in [0.2, 0.25) is 0 Å². The molecular weight excluding hydrogens is 342 g/mol. The summed E-state index contributed by atoms with van der Waals surface area (Å²) in [6, 6.07) is 4.05. The van der Waals surface area contributed by atoms with Gasteiger partial charge in [0.05, 0.1) is 11.1 Å². The van der Waals surface area contributed by atoms with Crippen molar-refractivity contribution in [1.29, 1.82) is 10.5 Å². The van der Waals surface area contributed by atoms with Crippen molar-refractivity contribution in [2.24, 2.45) is 12.0 Å². The van der Waals surface area contributed by atoms with Crippen LogP contribution in [0.5, 0.6) is 0 Å². The molecule has 0 bridgehead atoms. The molecule has 0 unspecified atom stereocenters. The number of aryl methyl sites for hydroxylation is 1. The van der Waals surface area contributed by atoms with Gasteiger partial charge < -0.3 is 10.8 Å². The fourth-order valence-electron chi connectivity index (χ4n) is 2.15. The van der Waals surface area contributed by atoms with Gasteiger partial charge in [-0.25, -0.2) is 9.98 Å². The Hall–Kier alpha value is -3.11. The second-order valence-electron chi connectivity index (χ2n) is 5.35. The first-order valence-corrected chi connectivity index (χ1v) is 8.19. The van der Waals surface area contributed by atoms with Gasteiger partial charge in [-0.3, -0.25) is 4.52 Å². The Morgan fingerprint density at radius 2 is 2.12 bits per heavy atom. The summed E-state index contributed by atoms with van der Waals surface area (Å²) < 4.78 is 6.20. The summed E-state index contributed by atoms with van der Waals surface area (Å²) >= 11 is 1.04. The molecule has 0 saturated carbocycles. The number of aromatic nitrogens is 3. The van der Waals surface area contributed by atoms with Crippen molar-refractivity contribution >= 4 is 29.4 Å². The monoisotopic (exact) mass is 357 g/mol. The topological polar surface area (TPSA) is 152 Å². The number of hydrogen-bond acceptors (Lipinski definition) is 9. The summed E-state index contributed by atoms with van der Waals surface area (Å²) in [5.41, 5.74) is 6.82. The molecule has 10 heteroatoms. The fraction of sp³-hybridized carbons (Fsp3) is 0.333. The van der Waals surface area contributed by atoms with Crippen molar-refractivity contribution in [2.75, 3.05) is 11.5 Å². The first kappa shape index (κ1) is 18.2. The molecule has 0 aromatic carbocycles. The number of anilines is 1. The molecule has 0 saturated heterocycles. The zero-order valence-electron chi connectivity index (χ0n) is 13.8. The molecule has 25 heavy (non-hydrogen) atoms. The molecule has 0 atom stereocenters. The van der Waals surface area contributed by atoms with E-state index in [0.717, 1.165) is 11.8 Å². The molecular formula is C15H15N7O2S. The summed E-state index contributed by atoms with van der Waals surface area (Å²) in [5.74, 6) is -0.497. The van der Waals surface area contributed by atoms with Crippen molar-refractivity contribution in [2.45, 2.75) is 24.8 Å². The zero-order valence-corrected chi connectivity index (χ0v) is 14.7. The van der Waals surface area contributed by atoms with Crippen LogP contribution in [0.25, 0.3) is 0 Å². The summed E-state index contributed by atoms with van der Waals surface area (Å²) in [4.78, 5) is 7.86. The third-order valence-corrected chi connectivity index (χ3v) is 4.12. The normalized spacial score (nSPS) is 11.4. The fourth-order valence-corrected chi connectivity index (χ4v) is 2.94. The Labute approximate surface area is 148 Å². The van der Waals surface area contributed by atoms with Crippen LogP contribution in [-0.2, 0) is 7.05 Å². The van der Waals surface area contributed by atoms with Crippen molar-refractivity contribution in [3.05, 3.63) is 22.9 Å². The lowest BCUT2D eigenvalue weighted by molar-refractivity contribution is -0.739. The molecule has 0 aliphatic rings. The molecule has 2 heterocycles. The second-order valence-corrected chi connectivity index (χ2v) is 6.32. The molecule has 2 aromatic rings. The molecule has 2 aromatic heterocycles. The van der Waals surface area contributed by atoms with E-state index in [4.69, 9.17) is 10.3 Å². The van der Waals surface area contributed by atoms with Crippen LogP contribution >= 0.6 is 11.8 Å². The number of pyridine rings is 1. The van der Waals surface area contributed by atoms with Gasteiger partial charge in [0.2, 0.25) is 0 Å². The maximum atomic E-state index is 11.9. The molecule has 9 nitrogen and oxygen atoms in total. The van der Waals surface area contributed by atoms with Crippen LogP contribution < -0.4 is 15.5 Å². The number of hydrogen-bond donors (Lipinski definition) is 1. The Morgan fingerprint density at radius 1 is 1.44 bits per heavy atom. The molecule has 0 spiro atoms. The van der Waals surface area contributed by atoms with E-state index >= 15 is 0 Å². The van der Waals surface area contributed by atoms with Crippen LogP contribution in [0.15, 0.2) is 20.7 Å². The number of aliphatic imine (C=N–C) groups is 1. The van der Waals surface area contributed by atoms with Crippen LogP contribution in [0, 0.1) is 22.7 Å². The Bertz CT molecular complexity index is 906. The van der Waals surface area contributed by atoms with Gasteiger partial charge in [0, 0.05) is 5.75 Å². The van der Waals surface area contributed by atoms with Crippen molar-refractivity contribution in [1.82, 2.24) is 10.3 Å². The van der Waals surface area contributed by atoms with E-state index in [2.05, 4.69) is 21.3 Å². The highest BCUT2D eigenvalue weighted by Gasteiger charge is 2.21. The summed E-state index contributed by atoms with van der Waals surface area (Å²) in [6.07, 6.45) is 1.46.